The summed E-state index contributed by atoms with van der Waals surface area (Å²) in [6.45, 7) is 2.12. The van der Waals surface area contributed by atoms with Gasteiger partial charge in [-0.1, -0.05) is 49.9 Å². The molecule has 0 aromatic heterocycles. The topological polar surface area (TPSA) is 43.4 Å². The van der Waals surface area contributed by atoms with Crippen LogP contribution in [0.15, 0.2) is 22.8 Å². The largest absolute Gasteiger partial charge is 0.469 e. The molecule has 1 unspecified atom stereocenters. The third kappa shape index (κ3) is 6.04. The molecule has 0 bridgehead atoms. The highest BCUT2D eigenvalue weighted by atomic mass is 35.5. The number of esters is 1. The molecule has 0 heterocycles. The summed E-state index contributed by atoms with van der Waals surface area (Å²) in [6.07, 6.45) is 10.9. The van der Waals surface area contributed by atoms with Crippen molar-refractivity contribution in [3.05, 3.63) is 22.8 Å². The van der Waals surface area contributed by atoms with Crippen molar-refractivity contribution in [3.8, 4) is 0 Å². The Morgan fingerprint density at radius 2 is 2.10 bits per heavy atom. The van der Waals surface area contributed by atoms with E-state index in [1.807, 2.05) is 12.2 Å². The van der Waals surface area contributed by atoms with Gasteiger partial charge in [0.15, 0.2) is 5.78 Å². The Kier molecular flexibility index (Phi) is 8.36. The van der Waals surface area contributed by atoms with E-state index in [2.05, 4.69) is 11.7 Å². The minimum Gasteiger partial charge on any atom is -0.469 e. The standard InChI is InChI=1S/C17H25ClO3/c1-3-4-9-13-12-15(18)14(17(13)20)10-7-5-6-8-11-16(19)21-2/h10,12-13H,3-9,11H2,1-2H3. The first kappa shape index (κ1) is 18.0. The van der Waals surface area contributed by atoms with Crippen molar-refractivity contribution >= 4 is 23.4 Å². The smallest absolute Gasteiger partial charge is 0.305 e. The van der Waals surface area contributed by atoms with E-state index in [0.29, 0.717) is 17.0 Å². The zero-order valence-electron chi connectivity index (χ0n) is 13.0. The van der Waals surface area contributed by atoms with Crippen molar-refractivity contribution in [2.24, 2.45) is 5.92 Å². The minimum atomic E-state index is -0.163. The number of methoxy groups -OCH3 is 1. The molecule has 0 fully saturated rings. The normalized spacial score (nSPS) is 20.0. The van der Waals surface area contributed by atoms with E-state index in [0.717, 1.165) is 44.9 Å². The van der Waals surface area contributed by atoms with Crippen LogP contribution in [0.25, 0.3) is 0 Å². The highest BCUT2D eigenvalue weighted by Gasteiger charge is 2.28. The number of hydrogen-bond acceptors (Lipinski definition) is 3. The molecule has 0 radical (unpaired) electrons. The van der Waals surface area contributed by atoms with E-state index in [4.69, 9.17) is 11.6 Å². The molecule has 118 valence electrons. The fourth-order valence-corrected chi connectivity index (χ4v) is 2.76. The Labute approximate surface area is 132 Å². The lowest BCUT2D eigenvalue weighted by molar-refractivity contribution is -0.140. The van der Waals surface area contributed by atoms with Gasteiger partial charge < -0.3 is 4.74 Å². The molecular formula is C17H25ClO3. The maximum absolute atomic E-state index is 12.2. The first-order valence-electron chi connectivity index (χ1n) is 7.79. The molecule has 0 aromatic rings. The van der Waals surface area contributed by atoms with Crippen molar-refractivity contribution in [2.45, 2.75) is 58.3 Å². The van der Waals surface area contributed by atoms with Crippen molar-refractivity contribution in [1.82, 2.24) is 0 Å². The van der Waals surface area contributed by atoms with Gasteiger partial charge in [0, 0.05) is 22.9 Å². The third-order valence-electron chi connectivity index (χ3n) is 3.74. The molecule has 1 aliphatic rings. The maximum Gasteiger partial charge on any atom is 0.305 e. The summed E-state index contributed by atoms with van der Waals surface area (Å²) in [5.74, 6) is -0.0184. The summed E-state index contributed by atoms with van der Waals surface area (Å²) in [7, 11) is 1.40. The van der Waals surface area contributed by atoms with Crippen LogP contribution in [-0.2, 0) is 14.3 Å². The number of unbranched alkanes of at least 4 members (excludes halogenated alkanes) is 4. The molecule has 1 rings (SSSR count). The summed E-state index contributed by atoms with van der Waals surface area (Å²) in [6, 6.07) is 0. The average molecular weight is 313 g/mol. The van der Waals surface area contributed by atoms with Gasteiger partial charge in [0.2, 0.25) is 0 Å². The van der Waals surface area contributed by atoms with E-state index in [1.165, 1.54) is 7.11 Å². The lowest BCUT2D eigenvalue weighted by Gasteiger charge is -2.05. The molecule has 4 heteroatoms. The molecule has 3 nitrogen and oxygen atoms in total. The van der Waals surface area contributed by atoms with Gasteiger partial charge in [0.1, 0.15) is 0 Å². The minimum absolute atomic E-state index is 0.0250. The highest BCUT2D eigenvalue weighted by Crippen LogP contribution is 2.32. The summed E-state index contributed by atoms with van der Waals surface area (Å²) in [4.78, 5) is 23.2. The second-order valence-electron chi connectivity index (χ2n) is 5.42. The van der Waals surface area contributed by atoms with Gasteiger partial charge in [-0.15, -0.1) is 0 Å². The fraction of sp³-hybridized carbons (Fsp3) is 0.647. The highest BCUT2D eigenvalue weighted by molar-refractivity contribution is 6.37. The molecule has 0 saturated heterocycles. The number of halogens is 1. The summed E-state index contributed by atoms with van der Waals surface area (Å²) in [5, 5.41) is 0.607. The first-order valence-corrected chi connectivity index (χ1v) is 8.16. The molecule has 0 N–H and O–H groups in total. The van der Waals surface area contributed by atoms with Crippen molar-refractivity contribution < 1.29 is 14.3 Å². The Morgan fingerprint density at radius 3 is 2.76 bits per heavy atom. The van der Waals surface area contributed by atoms with Crippen molar-refractivity contribution in [3.63, 3.8) is 0 Å². The molecular weight excluding hydrogens is 288 g/mol. The molecule has 0 aromatic carbocycles. The number of ether oxygens (including phenoxy) is 1. The Balaban J connectivity index is 2.31. The van der Waals surface area contributed by atoms with Crippen LogP contribution in [0.1, 0.15) is 58.3 Å². The molecule has 1 atom stereocenters. The maximum atomic E-state index is 12.2. The van der Waals surface area contributed by atoms with Gasteiger partial charge >= 0.3 is 5.97 Å². The van der Waals surface area contributed by atoms with Crippen LogP contribution in [-0.4, -0.2) is 18.9 Å². The summed E-state index contributed by atoms with van der Waals surface area (Å²) < 4.78 is 4.59. The number of carbonyl (C=O) groups excluding carboxylic acids is 2. The number of allylic oxidation sites excluding steroid dienone is 4. The monoisotopic (exact) mass is 312 g/mol. The third-order valence-corrected chi connectivity index (χ3v) is 4.07. The van der Waals surface area contributed by atoms with E-state index < -0.39 is 0 Å². The van der Waals surface area contributed by atoms with Gasteiger partial charge in [-0.3, -0.25) is 9.59 Å². The second kappa shape index (κ2) is 9.78. The van der Waals surface area contributed by atoms with Crippen LogP contribution < -0.4 is 0 Å². The number of carbonyl (C=O) groups is 2. The molecule has 1 aliphatic carbocycles. The van der Waals surface area contributed by atoms with Crippen molar-refractivity contribution in [2.75, 3.05) is 7.11 Å². The lowest BCUT2D eigenvalue weighted by atomic mass is 9.98. The van der Waals surface area contributed by atoms with E-state index in [-0.39, 0.29) is 17.7 Å². The van der Waals surface area contributed by atoms with Gasteiger partial charge in [0.25, 0.3) is 0 Å². The Bertz CT molecular complexity index is 424. The zero-order valence-corrected chi connectivity index (χ0v) is 13.7. The Morgan fingerprint density at radius 1 is 1.33 bits per heavy atom. The fourth-order valence-electron chi connectivity index (χ4n) is 2.44. The van der Waals surface area contributed by atoms with E-state index >= 15 is 0 Å². The Hall–Kier alpha value is -1.09. The summed E-state index contributed by atoms with van der Waals surface area (Å²) >= 11 is 6.16. The van der Waals surface area contributed by atoms with Gasteiger partial charge in [0.05, 0.1) is 7.11 Å². The molecule has 0 spiro atoms. The molecule has 0 aliphatic heterocycles. The first-order chi connectivity index (χ1) is 10.1. The average Bonchev–Trinajstić information content (AvgIpc) is 2.75. The van der Waals surface area contributed by atoms with Gasteiger partial charge in [-0.25, -0.2) is 0 Å². The van der Waals surface area contributed by atoms with Crippen molar-refractivity contribution in [1.29, 1.82) is 0 Å². The molecule has 21 heavy (non-hydrogen) atoms. The summed E-state index contributed by atoms with van der Waals surface area (Å²) in [5.41, 5.74) is 0.686. The van der Waals surface area contributed by atoms with E-state index in [1.54, 1.807) is 0 Å². The van der Waals surface area contributed by atoms with Crippen LogP contribution in [0.3, 0.4) is 0 Å². The second-order valence-corrected chi connectivity index (χ2v) is 5.83. The predicted octanol–water partition coefficient (Wildman–Crippen LogP) is 4.55. The van der Waals surface area contributed by atoms with E-state index in [9.17, 15) is 9.59 Å². The molecule has 0 saturated carbocycles. The van der Waals surface area contributed by atoms with Gasteiger partial charge in [-0.05, 0) is 25.7 Å². The predicted molar refractivity (Wildman–Crippen MR) is 85.1 cm³/mol. The lowest BCUT2D eigenvalue weighted by Crippen LogP contribution is -2.08. The van der Waals surface area contributed by atoms with Crippen LogP contribution in [0.2, 0.25) is 0 Å². The van der Waals surface area contributed by atoms with Crippen LogP contribution in [0.4, 0.5) is 0 Å². The van der Waals surface area contributed by atoms with Crippen LogP contribution in [0, 0.1) is 5.92 Å². The number of hydrogen-bond donors (Lipinski definition) is 0. The SMILES string of the molecule is CCCCC1C=C(Cl)C(=CCCCCCC(=O)OC)C1=O. The van der Waals surface area contributed by atoms with Crippen LogP contribution in [0.5, 0.6) is 0 Å². The quantitative estimate of drug-likeness (QED) is 0.356. The molecule has 0 amide bonds. The number of ketones is 1. The number of rotatable bonds is 9. The number of Topliss-reactive ketones (excluding diaryl/α,β-unsaturated/α-hetero) is 1. The van der Waals surface area contributed by atoms with Gasteiger partial charge in [-0.2, -0.15) is 0 Å². The zero-order chi connectivity index (χ0) is 15.7. The van der Waals surface area contributed by atoms with Crippen LogP contribution >= 0.6 is 11.6 Å².